The summed E-state index contributed by atoms with van der Waals surface area (Å²) in [6.45, 7) is 4.26. The maximum absolute atomic E-state index is 11.7. The van der Waals surface area contributed by atoms with E-state index in [9.17, 15) is 14.4 Å². The summed E-state index contributed by atoms with van der Waals surface area (Å²) in [5, 5.41) is 22.4. The zero-order valence-electron chi connectivity index (χ0n) is 11.8. The first kappa shape index (κ1) is 16.3. The molecule has 114 valence electrons. The van der Waals surface area contributed by atoms with Crippen molar-refractivity contribution in [2.45, 2.75) is 58.0 Å². The fourth-order valence-corrected chi connectivity index (χ4v) is 2.58. The minimum Gasteiger partial charge on any atom is -0.481 e. The number of hydrogen-bond acceptors (Lipinski definition) is 3. The summed E-state index contributed by atoms with van der Waals surface area (Å²) < 4.78 is 0. The van der Waals surface area contributed by atoms with Crippen LogP contribution < -0.4 is 10.6 Å². The molecule has 0 aromatic heterocycles. The zero-order valence-corrected chi connectivity index (χ0v) is 11.8. The van der Waals surface area contributed by atoms with E-state index < -0.39 is 30.4 Å². The van der Waals surface area contributed by atoms with E-state index in [0.717, 1.165) is 25.7 Å². The van der Waals surface area contributed by atoms with Crippen molar-refractivity contribution in [1.29, 1.82) is 0 Å². The molecule has 2 unspecified atom stereocenters. The molecule has 1 aliphatic rings. The number of hydrogen-bond donors (Lipinski definition) is 4. The first-order valence-corrected chi connectivity index (χ1v) is 6.71. The summed E-state index contributed by atoms with van der Waals surface area (Å²) in [4.78, 5) is 33.1. The van der Waals surface area contributed by atoms with E-state index >= 15 is 0 Å². The van der Waals surface area contributed by atoms with Gasteiger partial charge >= 0.3 is 18.0 Å². The Balaban J connectivity index is 2.49. The molecule has 2 amide bonds. The highest BCUT2D eigenvalue weighted by Gasteiger charge is 2.30. The van der Waals surface area contributed by atoms with Crippen LogP contribution in [0.15, 0.2) is 0 Å². The van der Waals surface area contributed by atoms with Gasteiger partial charge in [-0.25, -0.2) is 9.59 Å². The van der Waals surface area contributed by atoms with Gasteiger partial charge in [-0.3, -0.25) is 4.79 Å². The molecule has 0 aromatic rings. The zero-order chi connectivity index (χ0) is 15.3. The highest BCUT2D eigenvalue weighted by Crippen LogP contribution is 2.34. The second kappa shape index (κ2) is 6.58. The van der Waals surface area contributed by atoms with Gasteiger partial charge in [0, 0.05) is 6.04 Å². The fourth-order valence-electron chi connectivity index (χ4n) is 2.58. The molecule has 0 saturated heterocycles. The maximum atomic E-state index is 11.7. The number of carboxylic acid groups (broad SMARTS) is 2. The Bertz CT molecular complexity index is 394. The van der Waals surface area contributed by atoms with E-state index in [1.807, 2.05) is 0 Å². The first-order chi connectivity index (χ1) is 9.19. The number of aliphatic carboxylic acids is 2. The molecule has 0 aliphatic heterocycles. The molecule has 0 heterocycles. The molecule has 0 aromatic carbocycles. The van der Waals surface area contributed by atoms with Gasteiger partial charge in [-0.05, 0) is 24.7 Å². The Kier molecular flexibility index (Phi) is 5.35. The van der Waals surface area contributed by atoms with Crippen molar-refractivity contribution in [2.75, 3.05) is 0 Å². The molecule has 1 saturated carbocycles. The van der Waals surface area contributed by atoms with Gasteiger partial charge in [0.05, 0.1) is 6.42 Å². The lowest BCUT2D eigenvalue weighted by atomic mass is 9.75. The number of carboxylic acids is 2. The third-order valence-electron chi connectivity index (χ3n) is 3.52. The molecule has 1 rings (SSSR count). The smallest absolute Gasteiger partial charge is 0.326 e. The van der Waals surface area contributed by atoms with Crippen LogP contribution in [0, 0.1) is 5.41 Å². The third-order valence-corrected chi connectivity index (χ3v) is 3.52. The highest BCUT2D eigenvalue weighted by molar-refractivity contribution is 5.86. The van der Waals surface area contributed by atoms with Crippen LogP contribution in [-0.2, 0) is 9.59 Å². The van der Waals surface area contributed by atoms with Crippen LogP contribution in [0.25, 0.3) is 0 Å². The molecular weight excluding hydrogens is 264 g/mol. The minimum atomic E-state index is -1.41. The second-order valence-corrected chi connectivity index (χ2v) is 6.06. The summed E-state index contributed by atoms with van der Waals surface area (Å²) in [7, 11) is 0. The van der Waals surface area contributed by atoms with E-state index in [2.05, 4.69) is 24.5 Å². The lowest BCUT2D eigenvalue weighted by molar-refractivity contribution is -0.145. The van der Waals surface area contributed by atoms with Gasteiger partial charge in [0.25, 0.3) is 0 Å². The van der Waals surface area contributed by atoms with Crippen molar-refractivity contribution in [2.24, 2.45) is 5.41 Å². The fraction of sp³-hybridized carbons (Fsp3) is 0.769. The number of carbonyl (C=O) groups excluding carboxylic acids is 1. The molecule has 7 nitrogen and oxygen atoms in total. The Morgan fingerprint density at radius 1 is 1.30 bits per heavy atom. The van der Waals surface area contributed by atoms with Crippen LogP contribution in [0.4, 0.5) is 4.79 Å². The molecule has 0 spiro atoms. The molecular formula is C13H22N2O5. The minimum absolute atomic E-state index is 0.00183. The Labute approximate surface area is 117 Å². The average molecular weight is 286 g/mol. The molecule has 4 N–H and O–H groups in total. The van der Waals surface area contributed by atoms with Crippen molar-refractivity contribution in [3.8, 4) is 0 Å². The quantitative estimate of drug-likeness (QED) is 0.605. The third kappa shape index (κ3) is 5.46. The predicted octanol–water partition coefficient (Wildman–Crippen LogP) is 1.18. The number of rotatable bonds is 5. The normalized spacial score (nSPS) is 22.6. The van der Waals surface area contributed by atoms with E-state index in [-0.39, 0.29) is 11.5 Å². The predicted molar refractivity (Wildman–Crippen MR) is 71.4 cm³/mol. The molecule has 7 heteroatoms. The summed E-state index contributed by atoms with van der Waals surface area (Å²) in [6, 6.07) is -2.04. The van der Waals surface area contributed by atoms with Gasteiger partial charge in [-0.1, -0.05) is 20.3 Å². The van der Waals surface area contributed by atoms with Crippen molar-refractivity contribution < 1.29 is 24.6 Å². The first-order valence-electron chi connectivity index (χ1n) is 6.71. The van der Waals surface area contributed by atoms with Crippen molar-refractivity contribution in [1.82, 2.24) is 10.6 Å². The van der Waals surface area contributed by atoms with Crippen LogP contribution in [0.2, 0.25) is 0 Å². The largest absolute Gasteiger partial charge is 0.481 e. The standard InChI is InChI=1S/C13H22N2O5/c1-13(2)5-3-4-8(7-13)14-12(20)15-9(11(18)19)6-10(16)17/h8-9H,3-7H2,1-2H3,(H,16,17)(H,18,19)(H2,14,15,20). The van der Waals surface area contributed by atoms with Crippen molar-refractivity contribution >= 4 is 18.0 Å². The van der Waals surface area contributed by atoms with Crippen molar-refractivity contribution in [3.63, 3.8) is 0 Å². The topological polar surface area (TPSA) is 116 Å². The van der Waals surface area contributed by atoms with Gasteiger partial charge < -0.3 is 20.8 Å². The van der Waals surface area contributed by atoms with Gasteiger partial charge in [0.2, 0.25) is 0 Å². The van der Waals surface area contributed by atoms with Crippen LogP contribution in [0.5, 0.6) is 0 Å². The van der Waals surface area contributed by atoms with Crippen LogP contribution >= 0.6 is 0 Å². The molecule has 20 heavy (non-hydrogen) atoms. The van der Waals surface area contributed by atoms with Crippen molar-refractivity contribution in [3.05, 3.63) is 0 Å². The molecule has 0 bridgehead atoms. The van der Waals surface area contributed by atoms with Crippen LogP contribution in [0.3, 0.4) is 0 Å². The summed E-state index contributed by atoms with van der Waals surface area (Å²) >= 11 is 0. The maximum Gasteiger partial charge on any atom is 0.326 e. The number of nitrogens with one attached hydrogen (secondary N) is 2. The van der Waals surface area contributed by atoms with Crippen LogP contribution in [0.1, 0.15) is 46.0 Å². The van der Waals surface area contributed by atoms with Gasteiger partial charge in [-0.2, -0.15) is 0 Å². The monoisotopic (exact) mass is 286 g/mol. The van der Waals surface area contributed by atoms with E-state index in [1.54, 1.807) is 0 Å². The molecule has 2 atom stereocenters. The van der Waals surface area contributed by atoms with E-state index in [1.165, 1.54) is 0 Å². The Morgan fingerprint density at radius 2 is 1.95 bits per heavy atom. The number of urea groups is 1. The molecule has 1 fully saturated rings. The van der Waals surface area contributed by atoms with E-state index in [4.69, 9.17) is 10.2 Å². The molecule has 1 aliphatic carbocycles. The lowest BCUT2D eigenvalue weighted by Gasteiger charge is -2.35. The lowest BCUT2D eigenvalue weighted by Crippen LogP contribution is -2.51. The SMILES string of the molecule is CC1(C)CCCC(NC(=O)NC(CC(=O)O)C(=O)O)C1. The Hall–Kier alpha value is -1.79. The summed E-state index contributed by atoms with van der Waals surface area (Å²) in [6.07, 6.45) is 3.16. The van der Waals surface area contributed by atoms with E-state index in [0.29, 0.717) is 0 Å². The second-order valence-electron chi connectivity index (χ2n) is 6.06. The molecule has 0 radical (unpaired) electrons. The van der Waals surface area contributed by atoms with Gasteiger partial charge in [-0.15, -0.1) is 0 Å². The summed E-state index contributed by atoms with van der Waals surface area (Å²) in [5.41, 5.74) is 0.156. The van der Waals surface area contributed by atoms with Gasteiger partial charge in [0.1, 0.15) is 6.04 Å². The number of carbonyl (C=O) groups is 3. The number of amides is 2. The Morgan fingerprint density at radius 3 is 2.45 bits per heavy atom. The highest BCUT2D eigenvalue weighted by atomic mass is 16.4. The average Bonchev–Trinajstić information content (AvgIpc) is 2.25. The van der Waals surface area contributed by atoms with Crippen LogP contribution in [-0.4, -0.2) is 40.3 Å². The van der Waals surface area contributed by atoms with Gasteiger partial charge in [0.15, 0.2) is 0 Å². The summed E-state index contributed by atoms with van der Waals surface area (Å²) in [5.74, 6) is -2.62.